The van der Waals surface area contributed by atoms with Gasteiger partial charge in [-0.3, -0.25) is 9.59 Å². The Labute approximate surface area is 116 Å². The summed E-state index contributed by atoms with van der Waals surface area (Å²) in [6.07, 6.45) is 1.96. The minimum absolute atomic E-state index is 0.00287. The van der Waals surface area contributed by atoms with Gasteiger partial charge in [0, 0.05) is 12.6 Å². The number of carbonyl (C=O) groups excluding carboxylic acids is 2. The molecule has 5 heteroatoms. The zero-order valence-corrected chi connectivity index (χ0v) is 12.8. The number of esters is 1. The van der Waals surface area contributed by atoms with Crippen molar-refractivity contribution in [1.29, 1.82) is 0 Å². The van der Waals surface area contributed by atoms with Crippen LogP contribution in [0.3, 0.4) is 0 Å². The topological polar surface area (TPSA) is 72.6 Å². The molecule has 0 saturated carbocycles. The Hall–Kier alpha value is -1.10. The minimum Gasteiger partial charge on any atom is -0.468 e. The number of rotatable bonds is 8. The SMILES string of the molecule is CCC(CC)CN(CC(=O)OC)C(=O)C(C)C(C)N. The predicted molar refractivity (Wildman–Crippen MR) is 75.5 cm³/mol. The molecule has 0 rings (SSSR count). The molecule has 2 unspecified atom stereocenters. The van der Waals surface area contributed by atoms with Crippen LogP contribution in [0.1, 0.15) is 40.5 Å². The summed E-state index contributed by atoms with van der Waals surface area (Å²) in [5, 5.41) is 0. The van der Waals surface area contributed by atoms with Crippen LogP contribution in [0.2, 0.25) is 0 Å². The third kappa shape index (κ3) is 6.05. The van der Waals surface area contributed by atoms with Gasteiger partial charge in [-0.15, -0.1) is 0 Å². The van der Waals surface area contributed by atoms with Crippen molar-refractivity contribution in [2.45, 2.75) is 46.6 Å². The van der Waals surface area contributed by atoms with Gasteiger partial charge in [0.2, 0.25) is 5.91 Å². The van der Waals surface area contributed by atoms with Crippen LogP contribution in [-0.2, 0) is 14.3 Å². The molecule has 19 heavy (non-hydrogen) atoms. The van der Waals surface area contributed by atoms with Crippen LogP contribution in [0.25, 0.3) is 0 Å². The summed E-state index contributed by atoms with van der Waals surface area (Å²) in [6, 6.07) is -0.227. The van der Waals surface area contributed by atoms with Gasteiger partial charge in [0.1, 0.15) is 6.54 Å². The van der Waals surface area contributed by atoms with Gasteiger partial charge in [0.15, 0.2) is 0 Å². The highest BCUT2D eigenvalue weighted by Crippen LogP contribution is 2.13. The number of methoxy groups -OCH3 is 1. The summed E-state index contributed by atoms with van der Waals surface area (Å²) in [4.78, 5) is 25.4. The van der Waals surface area contributed by atoms with E-state index in [-0.39, 0.29) is 24.4 Å². The van der Waals surface area contributed by atoms with Gasteiger partial charge < -0.3 is 15.4 Å². The molecule has 0 bridgehead atoms. The van der Waals surface area contributed by atoms with E-state index in [0.717, 1.165) is 12.8 Å². The third-order valence-corrected chi connectivity index (χ3v) is 3.67. The molecule has 0 saturated heterocycles. The van der Waals surface area contributed by atoms with E-state index >= 15 is 0 Å². The molecule has 0 fully saturated rings. The maximum absolute atomic E-state index is 12.3. The van der Waals surface area contributed by atoms with E-state index in [1.165, 1.54) is 7.11 Å². The average Bonchev–Trinajstić information content (AvgIpc) is 2.41. The molecule has 112 valence electrons. The molecule has 5 nitrogen and oxygen atoms in total. The van der Waals surface area contributed by atoms with Gasteiger partial charge in [-0.05, 0) is 12.8 Å². The van der Waals surface area contributed by atoms with Crippen molar-refractivity contribution in [3.8, 4) is 0 Å². The van der Waals surface area contributed by atoms with Gasteiger partial charge in [-0.25, -0.2) is 0 Å². The molecule has 0 spiro atoms. The van der Waals surface area contributed by atoms with Crippen molar-refractivity contribution < 1.29 is 14.3 Å². The van der Waals surface area contributed by atoms with Crippen molar-refractivity contribution in [3.63, 3.8) is 0 Å². The van der Waals surface area contributed by atoms with E-state index in [1.807, 2.05) is 0 Å². The zero-order valence-electron chi connectivity index (χ0n) is 12.8. The lowest BCUT2D eigenvalue weighted by molar-refractivity contribution is -0.149. The standard InChI is InChI=1S/C14H28N2O3/c1-6-12(7-2)8-16(9-13(17)19-5)14(18)10(3)11(4)15/h10-12H,6-9,15H2,1-5H3. The summed E-state index contributed by atoms with van der Waals surface area (Å²) in [5.41, 5.74) is 5.77. The minimum atomic E-state index is -0.392. The van der Waals surface area contributed by atoms with Gasteiger partial charge in [-0.1, -0.05) is 33.6 Å². The number of carbonyl (C=O) groups is 2. The highest BCUT2D eigenvalue weighted by atomic mass is 16.5. The Balaban J connectivity index is 4.83. The molecule has 2 N–H and O–H groups in total. The molecule has 0 heterocycles. The molecule has 0 aliphatic rings. The Morgan fingerprint density at radius 2 is 1.74 bits per heavy atom. The van der Waals surface area contributed by atoms with E-state index in [9.17, 15) is 9.59 Å². The average molecular weight is 272 g/mol. The van der Waals surface area contributed by atoms with E-state index in [1.54, 1.807) is 18.7 Å². The number of nitrogens with two attached hydrogens (primary N) is 1. The summed E-state index contributed by atoms with van der Waals surface area (Å²) >= 11 is 0. The molecule has 0 aromatic rings. The van der Waals surface area contributed by atoms with Crippen molar-refractivity contribution in [3.05, 3.63) is 0 Å². The molecule has 0 aromatic carbocycles. The van der Waals surface area contributed by atoms with Crippen molar-refractivity contribution in [2.24, 2.45) is 17.6 Å². The van der Waals surface area contributed by atoms with Crippen LogP contribution in [0.4, 0.5) is 0 Å². The van der Waals surface area contributed by atoms with Crippen molar-refractivity contribution in [2.75, 3.05) is 20.2 Å². The van der Waals surface area contributed by atoms with Crippen molar-refractivity contribution in [1.82, 2.24) is 4.90 Å². The second-order valence-electron chi connectivity index (χ2n) is 5.13. The van der Waals surface area contributed by atoms with Crippen LogP contribution in [-0.4, -0.2) is 43.0 Å². The summed E-state index contributed by atoms with van der Waals surface area (Å²) in [7, 11) is 1.33. The first kappa shape index (κ1) is 17.9. The molecular weight excluding hydrogens is 244 g/mol. The summed E-state index contributed by atoms with van der Waals surface area (Å²) < 4.78 is 4.66. The summed E-state index contributed by atoms with van der Waals surface area (Å²) in [5.74, 6) is -0.364. The van der Waals surface area contributed by atoms with Gasteiger partial charge in [0.25, 0.3) is 0 Å². The van der Waals surface area contributed by atoms with Crippen LogP contribution in [0.5, 0.6) is 0 Å². The third-order valence-electron chi connectivity index (χ3n) is 3.67. The first-order chi connectivity index (χ1) is 8.87. The molecule has 0 aliphatic carbocycles. The monoisotopic (exact) mass is 272 g/mol. The Bertz CT molecular complexity index is 288. The molecule has 1 amide bonds. The summed E-state index contributed by atoms with van der Waals surface area (Å²) in [6.45, 7) is 8.36. The smallest absolute Gasteiger partial charge is 0.325 e. The normalized spacial score (nSPS) is 14.1. The number of amides is 1. The first-order valence-corrected chi connectivity index (χ1v) is 6.98. The van der Waals surface area contributed by atoms with Gasteiger partial charge >= 0.3 is 5.97 Å². The Kier molecular flexibility index (Phi) is 8.39. The van der Waals surface area contributed by atoms with Crippen LogP contribution in [0.15, 0.2) is 0 Å². The fourth-order valence-corrected chi connectivity index (χ4v) is 1.82. The van der Waals surface area contributed by atoms with Crippen LogP contribution >= 0.6 is 0 Å². The second-order valence-corrected chi connectivity index (χ2v) is 5.13. The maximum atomic E-state index is 12.3. The highest BCUT2D eigenvalue weighted by Gasteiger charge is 2.26. The lowest BCUT2D eigenvalue weighted by Gasteiger charge is -2.29. The van der Waals surface area contributed by atoms with E-state index in [4.69, 9.17) is 5.73 Å². The van der Waals surface area contributed by atoms with Gasteiger partial charge in [0.05, 0.1) is 13.0 Å². The molecule has 0 aliphatic heterocycles. The Morgan fingerprint density at radius 3 is 2.11 bits per heavy atom. The highest BCUT2D eigenvalue weighted by molar-refractivity contribution is 5.83. The fourth-order valence-electron chi connectivity index (χ4n) is 1.82. The maximum Gasteiger partial charge on any atom is 0.325 e. The quantitative estimate of drug-likeness (QED) is 0.678. The van der Waals surface area contributed by atoms with Crippen LogP contribution in [0, 0.1) is 11.8 Å². The van der Waals surface area contributed by atoms with Crippen molar-refractivity contribution >= 4 is 11.9 Å². The molecular formula is C14H28N2O3. The van der Waals surface area contributed by atoms with E-state index in [2.05, 4.69) is 18.6 Å². The fraction of sp³-hybridized carbons (Fsp3) is 0.857. The lowest BCUT2D eigenvalue weighted by Crippen LogP contribution is -2.46. The molecule has 2 atom stereocenters. The number of hydrogen-bond donors (Lipinski definition) is 1. The number of hydrogen-bond acceptors (Lipinski definition) is 4. The molecule has 0 aromatic heterocycles. The zero-order chi connectivity index (χ0) is 15.0. The van der Waals surface area contributed by atoms with E-state index in [0.29, 0.717) is 12.5 Å². The Morgan fingerprint density at radius 1 is 1.21 bits per heavy atom. The number of nitrogens with zero attached hydrogens (tertiary/aromatic N) is 1. The van der Waals surface area contributed by atoms with Gasteiger partial charge in [-0.2, -0.15) is 0 Å². The molecule has 0 radical (unpaired) electrons. The first-order valence-electron chi connectivity index (χ1n) is 6.98. The second kappa shape index (κ2) is 8.91. The largest absolute Gasteiger partial charge is 0.468 e. The van der Waals surface area contributed by atoms with E-state index < -0.39 is 5.97 Å². The lowest BCUT2D eigenvalue weighted by atomic mass is 9.99. The predicted octanol–water partition coefficient (Wildman–Crippen LogP) is 1.41. The van der Waals surface area contributed by atoms with Crippen LogP contribution < -0.4 is 5.73 Å². The number of ether oxygens (including phenoxy) is 1.